The highest BCUT2D eigenvalue weighted by Gasteiger charge is 2.06. The molecule has 0 fully saturated rings. The van der Waals surface area contributed by atoms with Crippen molar-refractivity contribution in [1.82, 2.24) is 5.32 Å². The molecule has 0 rings (SSSR count). The van der Waals surface area contributed by atoms with Crippen molar-refractivity contribution in [3.8, 4) is 0 Å². The number of alkyl carbamates (subject to hydrolysis) is 1. The Morgan fingerprint density at radius 1 is 1.38 bits per heavy atom. The maximum absolute atomic E-state index is 11.0. The molecule has 0 radical (unpaired) electrons. The van der Waals surface area contributed by atoms with Gasteiger partial charge in [0.2, 0.25) is 0 Å². The molecular weight excluding hydrogens is 170 g/mol. The fourth-order valence-corrected chi connectivity index (χ4v) is 0.857. The summed E-state index contributed by atoms with van der Waals surface area (Å²) in [6.45, 7) is 6.86. The van der Waals surface area contributed by atoms with E-state index in [-0.39, 0.29) is 12.2 Å². The Labute approximate surface area is 79.6 Å². The Kier molecular flexibility index (Phi) is 6.32. The summed E-state index contributed by atoms with van der Waals surface area (Å²) in [7, 11) is 1.64. The Hall–Kier alpha value is -0.770. The summed E-state index contributed by atoms with van der Waals surface area (Å²) in [6, 6.07) is 0. The molecule has 0 aliphatic rings. The van der Waals surface area contributed by atoms with Crippen LogP contribution in [0.3, 0.4) is 0 Å². The van der Waals surface area contributed by atoms with Crippen molar-refractivity contribution in [2.75, 3.05) is 20.3 Å². The van der Waals surface area contributed by atoms with Crippen LogP contribution in [0.4, 0.5) is 4.79 Å². The van der Waals surface area contributed by atoms with Gasteiger partial charge < -0.3 is 14.8 Å². The monoisotopic (exact) mass is 189 g/mol. The topological polar surface area (TPSA) is 47.6 Å². The highest BCUT2D eigenvalue weighted by atomic mass is 16.6. The molecule has 1 unspecified atom stereocenters. The third-order valence-corrected chi connectivity index (χ3v) is 1.39. The first-order chi connectivity index (χ1) is 6.06. The highest BCUT2D eigenvalue weighted by Crippen LogP contribution is 1.93. The summed E-state index contributed by atoms with van der Waals surface area (Å²) in [5.74, 6) is 0.310. The largest absolute Gasteiger partial charge is 0.447 e. The fraction of sp³-hybridized carbons (Fsp3) is 0.889. The number of amides is 1. The fourth-order valence-electron chi connectivity index (χ4n) is 0.857. The second-order valence-corrected chi connectivity index (χ2v) is 3.40. The van der Waals surface area contributed by atoms with Crippen LogP contribution in [0.25, 0.3) is 0 Å². The Balaban J connectivity index is 3.46. The number of carbonyl (C=O) groups excluding carboxylic acids is 1. The lowest BCUT2D eigenvalue weighted by Crippen LogP contribution is -2.31. The number of hydrogen-bond donors (Lipinski definition) is 1. The molecule has 0 aromatic carbocycles. The predicted molar refractivity (Wildman–Crippen MR) is 50.7 cm³/mol. The molecule has 0 heterocycles. The van der Waals surface area contributed by atoms with E-state index in [0.717, 1.165) is 0 Å². The number of ether oxygens (including phenoxy) is 2. The number of methoxy groups -OCH3 is 1. The summed E-state index contributed by atoms with van der Waals surface area (Å²) < 4.78 is 9.81. The van der Waals surface area contributed by atoms with Gasteiger partial charge in [0.15, 0.2) is 0 Å². The predicted octanol–water partition coefficient (Wildman–Crippen LogP) is 1.40. The molecule has 0 aromatic rings. The lowest BCUT2D eigenvalue weighted by molar-refractivity contribution is 0.110. The first kappa shape index (κ1) is 12.2. The van der Waals surface area contributed by atoms with Crippen LogP contribution < -0.4 is 5.32 Å². The molecule has 1 amide bonds. The van der Waals surface area contributed by atoms with E-state index in [1.807, 2.05) is 20.8 Å². The van der Waals surface area contributed by atoms with Gasteiger partial charge in [-0.2, -0.15) is 0 Å². The summed E-state index contributed by atoms with van der Waals surface area (Å²) >= 11 is 0. The van der Waals surface area contributed by atoms with Crippen LogP contribution in [0.15, 0.2) is 0 Å². The summed E-state index contributed by atoms with van der Waals surface area (Å²) in [6.07, 6.45) is -0.435. The lowest BCUT2D eigenvalue weighted by Gasteiger charge is -2.13. The average Bonchev–Trinajstić information content (AvgIpc) is 2.00. The molecule has 78 valence electrons. The van der Waals surface area contributed by atoms with Crippen LogP contribution in [0, 0.1) is 5.92 Å². The minimum Gasteiger partial charge on any atom is -0.447 e. The third kappa shape index (κ3) is 7.59. The minimum atomic E-state index is -0.363. The van der Waals surface area contributed by atoms with Crippen molar-refractivity contribution >= 4 is 6.09 Å². The van der Waals surface area contributed by atoms with Gasteiger partial charge in [0.25, 0.3) is 0 Å². The van der Waals surface area contributed by atoms with Crippen LogP contribution in [-0.2, 0) is 9.47 Å². The maximum atomic E-state index is 11.0. The SMILES string of the molecule is COCC(C)CNC(=O)OC(C)C. The van der Waals surface area contributed by atoms with Gasteiger partial charge in [0.1, 0.15) is 0 Å². The van der Waals surface area contributed by atoms with E-state index in [1.54, 1.807) is 7.11 Å². The number of carbonyl (C=O) groups is 1. The van der Waals surface area contributed by atoms with E-state index in [2.05, 4.69) is 5.32 Å². The van der Waals surface area contributed by atoms with E-state index < -0.39 is 0 Å². The number of nitrogens with one attached hydrogen (secondary N) is 1. The third-order valence-electron chi connectivity index (χ3n) is 1.39. The van der Waals surface area contributed by atoms with Gasteiger partial charge in [0, 0.05) is 13.7 Å². The molecule has 0 aliphatic heterocycles. The van der Waals surface area contributed by atoms with Crippen LogP contribution >= 0.6 is 0 Å². The molecule has 0 aliphatic carbocycles. The van der Waals surface area contributed by atoms with Gasteiger partial charge in [0.05, 0.1) is 12.7 Å². The Morgan fingerprint density at radius 2 is 2.00 bits per heavy atom. The summed E-state index contributed by atoms with van der Waals surface area (Å²) in [4.78, 5) is 11.0. The zero-order valence-corrected chi connectivity index (χ0v) is 8.79. The summed E-state index contributed by atoms with van der Waals surface area (Å²) in [5, 5.41) is 2.66. The Bertz CT molecular complexity index is 148. The van der Waals surface area contributed by atoms with Gasteiger partial charge in [-0.3, -0.25) is 0 Å². The molecule has 1 atom stereocenters. The molecule has 4 heteroatoms. The van der Waals surface area contributed by atoms with Gasteiger partial charge in [-0.05, 0) is 19.8 Å². The van der Waals surface area contributed by atoms with Crippen molar-refractivity contribution in [3.05, 3.63) is 0 Å². The van der Waals surface area contributed by atoms with Crippen LogP contribution in [0.1, 0.15) is 20.8 Å². The maximum Gasteiger partial charge on any atom is 0.407 e. The lowest BCUT2D eigenvalue weighted by atomic mass is 10.2. The number of hydrogen-bond acceptors (Lipinski definition) is 3. The van der Waals surface area contributed by atoms with Crippen molar-refractivity contribution in [2.45, 2.75) is 26.9 Å². The quantitative estimate of drug-likeness (QED) is 0.711. The number of rotatable bonds is 5. The van der Waals surface area contributed by atoms with Crippen molar-refractivity contribution in [3.63, 3.8) is 0 Å². The highest BCUT2D eigenvalue weighted by molar-refractivity contribution is 5.67. The second kappa shape index (κ2) is 6.71. The van der Waals surface area contributed by atoms with Crippen LogP contribution in [-0.4, -0.2) is 32.5 Å². The second-order valence-electron chi connectivity index (χ2n) is 3.40. The minimum absolute atomic E-state index is 0.0715. The average molecular weight is 189 g/mol. The van der Waals surface area contributed by atoms with E-state index in [0.29, 0.717) is 19.1 Å². The van der Waals surface area contributed by atoms with E-state index in [9.17, 15) is 4.79 Å². The molecule has 0 saturated heterocycles. The standard InChI is InChI=1S/C9H19NO3/c1-7(2)13-9(11)10-5-8(3)6-12-4/h7-8H,5-6H2,1-4H3,(H,10,11). The summed E-state index contributed by atoms with van der Waals surface area (Å²) in [5.41, 5.74) is 0. The molecule has 0 aromatic heterocycles. The molecular formula is C9H19NO3. The zero-order chi connectivity index (χ0) is 10.3. The molecule has 13 heavy (non-hydrogen) atoms. The van der Waals surface area contributed by atoms with Gasteiger partial charge in [-0.1, -0.05) is 6.92 Å². The molecule has 1 N–H and O–H groups in total. The molecule has 4 nitrogen and oxygen atoms in total. The van der Waals surface area contributed by atoms with Crippen molar-refractivity contribution < 1.29 is 14.3 Å². The normalized spacial score (nSPS) is 12.7. The van der Waals surface area contributed by atoms with Gasteiger partial charge in [-0.15, -0.1) is 0 Å². The zero-order valence-electron chi connectivity index (χ0n) is 8.79. The van der Waals surface area contributed by atoms with Gasteiger partial charge >= 0.3 is 6.09 Å². The van der Waals surface area contributed by atoms with Crippen LogP contribution in [0.2, 0.25) is 0 Å². The van der Waals surface area contributed by atoms with Crippen molar-refractivity contribution in [1.29, 1.82) is 0 Å². The van der Waals surface area contributed by atoms with E-state index in [4.69, 9.17) is 9.47 Å². The first-order valence-electron chi connectivity index (χ1n) is 4.49. The van der Waals surface area contributed by atoms with E-state index in [1.165, 1.54) is 0 Å². The molecule has 0 saturated carbocycles. The van der Waals surface area contributed by atoms with Crippen LogP contribution in [0.5, 0.6) is 0 Å². The van der Waals surface area contributed by atoms with E-state index >= 15 is 0 Å². The first-order valence-corrected chi connectivity index (χ1v) is 4.49. The smallest absolute Gasteiger partial charge is 0.407 e. The van der Waals surface area contributed by atoms with Gasteiger partial charge in [-0.25, -0.2) is 4.79 Å². The Morgan fingerprint density at radius 3 is 2.46 bits per heavy atom. The molecule has 0 spiro atoms. The molecule has 0 bridgehead atoms. The van der Waals surface area contributed by atoms with Crippen molar-refractivity contribution in [2.24, 2.45) is 5.92 Å².